The molecule has 0 spiro atoms. The predicted octanol–water partition coefficient (Wildman–Crippen LogP) is 6.46. The van der Waals surface area contributed by atoms with Gasteiger partial charge in [-0.25, -0.2) is 0 Å². The van der Waals surface area contributed by atoms with Crippen molar-refractivity contribution in [1.29, 1.82) is 0 Å². The Bertz CT molecular complexity index is 1730. The number of benzene rings is 2. The van der Waals surface area contributed by atoms with Crippen LogP contribution in [0, 0.1) is 0 Å². The van der Waals surface area contributed by atoms with Crippen LogP contribution in [0.2, 0.25) is 0 Å². The first-order valence-electron chi connectivity index (χ1n) is 14.4. The number of aromatic nitrogens is 2. The van der Waals surface area contributed by atoms with E-state index in [1.54, 1.807) is 24.8 Å². The Kier molecular flexibility index (Phi) is 20.5. The summed E-state index contributed by atoms with van der Waals surface area (Å²) in [5.41, 5.74) is 4.56. The van der Waals surface area contributed by atoms with Crippen LogP contribution >= 0.6 is 0 Å². The number of ketones is 2. The molecule has 309 valence electrons. The molecule has 0 saturated carbocycles. The van der Waals surface area contributed by atoms with Gasteiger partial charge >= 0.3 is 41.8 Å². The third-order valence-electron chi connectivity index (χ3n) is 5.84. The van der Waals surface area contributed by atoms with E-state index in [1.165, 1.54) is 0 Å². The zero-order valence-electron chi connectivity index (χ0n) is 27.7. The average molecular weight is 874 g/mol. The van der Waals surface area contributed by atoms with Gasteiger partial charge in [0.25, 0.3) is 11.6 Å². The third kappa shape index (κ3) is 18.8. The quantitative estimate of drug-likeness (QED) is 0.0423. The SMILES string of the molecule is O/N=C(\c1ccccc1)c1ccncc1.O/N=C(\c1ccccc1)c1ccncc1.O=C(/C=C(\[O-])C(F)(F)F)C(F)(F)F.O=C(/C=C(\[O-])C(F)(F)F)C(F)(F)F.[Cu+2]. The Morgan fingerprint density at radius 1 is 0.474 bits per heavy atom. The van der Waals surface area contributed by atoms with E-state index in [4.69, 9.17) is 10.4 Å². The molecule has 2 aromatic heterocycles. The van der Waals surface area contributed by atoms with E-state index in [1.807, 2.05) is 84.9 Å². The Labute approximate surface area is 323 Å². The summed E-state index contributed by atoms with van der Waals surface area (Å²) in [7, 11) is 0. The van der Waals surface area contributed by atoms with Crippen molar-refractivity contribution in [2.45, 2.75) is 24.7 Å². The van der Waals surface area contributed by atoms with Crippen LogP contribution in [0.4, 0.5) is 52.7 Å². The monoisotopic (exact) mass is 873 g/mol. The first-order chi connectivity index (χ1) is 25.9. The molecule has 0 fully saturated rings. The molecule has 4 rings (SSSR count). The standard InChI is InChI=1S/2C12H10N2O.2C5H2F6O2.Cu/c2*15-14-12(10-4-2-1-3-5-10)11-6-8-13-9-7-11;2*6-4(7,8)2(12)1-3(13)5(9,10)11;/h2*1-9,15H;2*1,12H;/q;;;;+2/p-2/b2*14-12+;2*2-1-;. The number of oxime groups is 2. The number of hydrogen-bond acceptors (Lipinski definition) is 10. The fraction of sp³-hybridized carbons (Fsp3) is 0.118. The molecule has 0 saturated heterocycles. The fourth-order valence-corrected chi connectivity index (χ4v) is 3.34. The Morgan fingerprint density at radius 3 is 0.930 bits per heavy atom. The van der Waals surface area contributed by atoms with Gasteiger partial charge in [0.1, 0.15) is 11.4 Å². The number of allylic oxidation sites excluding steroid dienone is 4. The number of carbonyl (C=O) groups is 2. The van der Waals surface area contributed by atoms with Gasteiger partial charge in [-0.3, -0.25) is 19.6 Å². The van der Waals surface area contributed by atoms with Gasteiger partial charge in [0.2, 0.25) is 0 Å². The minimum Gasteiger partial charge on any atom is -0.869 e. The Morgan fingerprint density at radius 2 is 0.719 bits per heavy atom. The molecule has 2 aromatic carbocycles. The van der Waals surface area contributed by atoms with E-state index in [0.29, 0.717) is 11.4 Å². The molecule has 0 atom stereocenters. The molecule has 0 aliphatic rings. The van der Waals surface area contributed by atoms with E-state index < -0.39 is 59.9 Å². The molecule has 2 heterocycles. The van der Waals surface area contributed by atoms with Crippen molar-refractivity contribution < 1.29 is 100.0 Å². The summed E-state index contributed by atoms with van der Waals surface area (Å²) in [4.78, 5) is 27.5. The first-order valence-corrected chi connectivity index (χ1v) is 14.4. The Hall–Kier alpha value is -6.22. The van der Waals surface area contributed by atoms with Gasteiger partial charge in [-0.1, -0.05) is 71.0 Å². The number of alkyl halides is 12. The molecular formula is C34H22CuF12N4O6. The minimum absolute atomic E-state index is 0. The molecule has 0 aliphatic heterocycles. The number of halogens is 12. The van der Waals surface area contributed by atoms with E-state index >= 15 is 0 Å². The van der Waals surface area contributed by atoms with Crippen LogP contribution in [-0.4, -0.2) is 68.1 Å². The van der Waals surface area contributed by atoms with Crippen LogP contribution in [0.25, 0.3) is 0 Å². The van der Waals surface area contributed by atoms with Gasteiger partial charge in [-0.2, -0.15) is 52.7 Å². The van der Waals surface area contributed by atoms with Crippen molar-refractivity contribution in [2.75, 3.05) is 0 Å². The summed E-state index contributed by atoms with van der Waals surface area (Å²) < 4.78 is 136. The zero-order valence-corrected chi connectivity index (χ0v) is 28.6. The molecule has 0 unspecified atom stereocenters. The second kappa shape index (κ2) is 23.0. The van der Waals surface area contributed by atoms with Crippen molar-refractivity contribution in [3.05, 3.63) is 156 Å². The summed E-state index contributed by atoms with van der Waals surface area (Å²) in [6, 6.07) is 26.3. The van der Waals surface area contributed by atoms with Crippen LogP contribution < -0.4 is 10.2 Å². The second-order valence-electron chi connectivity index (χ2n) is 9.84. The van der Waals surface area contributed by atoms with Crippen LogP contribution in [-0.2, 0) is 26.7 Å². The number of rotatable bonds is 6. The molecule has 0 aliphatic carbocycles. The summed E-state index contributed by atoms with van der Waals surface area (Å²) in [6.07, 6.45) is -17.2. The van der Waals surface area contributed by atoms with Gasteiger partial charge in [0.05, 0.1) is 0 Å². The third-order valence-corrected chi connectivity index (χ3v) is 5.84. The normalized spacial score (nSPS) is 12.6. The molecule has 1 radical (unpaired) electrons. The van der Waals surface area contributed by atoms with Crippen LogP contribution in [0.3, 0.4) is 0 Å². The summed E-state index contributed by atoms with van der Waals surface area (Å²) in [5.74, 6) is -11.3. The number of carbonyl (C=O) groups excluding carboxylic acids is 2. The number of nitrogens with zero attached hydrogens (tertiary/aromatic N) is 4. The van der Waals surface area contributed by atoms with Gasteiger partial charge in [-0.05, 0) is 47.9 Å². The first kappa shape index (κ1) is 50.8. The summed E-state index contributed by atoms with van der Waals surface area (Å²) in [5, 5.41) is 44.3. The van der Waals surface area contributed by atoms with Crippen molar-refractivity contribution in [1.82, 2.24) is 9.97 Å². The molecule has 23 heteroatoms. The van der Waals surface area contributed by atoms with Gasteiger partial charge < -0.3 is 20.6 Å². The topological polar surface area (TPSA) is 171 Å². The molecule has 4 aromatic rings. The van der Waals surface area contributed by atoms with Crippen LogP contribution in [0.15, 0.2) is 144 Å². The predicted molar refractivity (Wildman–Crippen MR) is 167 cm³/mol. The zero-order chi connectivity index (χ0) is 42.7. The minimum atomic E-state index is -5.46. The van der Waals surface area contributed by atoms with E-state index in [9.17, 15) is 72.5 Å². The second-order valence-corrected chi connectivity index (χ2v) is 9.84. The van der Waals surface area contributed by atoms with E-state index in [0.717, 1.165) is 22.3 Å². The van der Waals surface area contributed by atoms with Gasteiger partial charge in [-0.15, -0.1) is 0 Å². The van der Waals surface area contributed by atoms with E-state index in [2.05, 4.69) is 20.3 Å². The molecule has 57 heavy (non-hydrogen) atoms. The molecular weight excluding hydrogens is 852 g/mol. The number of hydrogen-bond donors (Lipinski definition) is 2. The maximum absolute atomic E-state index is 11.3. The van der Waals surface area contributed by atoms with Gasteiger partial charge in [0, 0.05) is 47.0 Å². The van der Waals surface area contributed by atoms with Crippen molar-refractivity contribution in [3.8, 4) is 0 Å². The average Bonchev–Trinajstić information content (AvgIpc) is 3.13. The van der Waals surface area contributed by atoms with Crippen molar-refractivity contribution in [3.63, 3.8) is 0 Å². The largest absolute Gasteiger partial charge is 2.00 e. The fourth-order valence-electron chi connectivity index (χ4n) is 3.34. The van der Waals surface area contributed by atoms with Crippen LogP contribution in [0.1, 0.15) is 22.3 Å². The number of pyridine rings is 2. The van der Waals surface area contributed by atoms with Crippen molar-refractivity contribution in [2.24, 2.45) is 10.3 Å². The van der Waals surface area contributed by atoms with Crippen molar-refractivity contribution >= 4 is 23.0 Å². The molecule has 2 N–H and O–H groups in total. The summed E-state index contributed by atoms with van der Waals surface area (Å²) >= 11 is 0. The molecule has 0 amide bonds. The Balaban J connectivity index is 0.000000732. The van der Waals surface area contributed by atoms with E-state index in [-0.39, 0.29) is 17.1 Å². The molecule has 10 nitrogen and oxygen atoms in total. The van der Waals surface area contributed by atoms with Gasteiger partial charge in [0.15, 0.2) is 0 Å². The maximum atomic E-state index is 11.3. The van der Waals surface area contributed by atoms with Crippen LogP contribution in [0.5, 0.6) is 0 Å². The maximum Gasteiger partial charge on any atom is 2.00 e. The summed E-state index contributed by atoms with van der Waals surface area (Å²) in [6.45, 7) is 0. The smallest absolute Gasteiger partial charge is 0.869 e. The molecule has 0 bridgehead atoms.